The van der Waals surface area contributed by atoms with Crippen LogP contribution in [0.4, 0.5) is 5.82 Å². The van der Waals surface area contributed by atoms with Gasteiger partial charge in [-0.3, -0.25) is 0 Å². The lowest BCUT2D eigenvalue weighted by atomic mass is 10.1. The van der Waals surface area contributed by atoms with Gasteiger partial charge in [0.2, 0.25) is 0 Å². The Kier molecular flexibility index (Phi) is 4.85. The Bertz CT molecular complexity index is 595. The fourth-order valence-electron chi connectivity index (χ4n) is 2.61. The predicted octanol–water partition coefficient (Wildman–Crippen LogP) is 3.13. The predicted molar refractivity (Wildman–Crippen MR) is 86.1 cm³/mol. The summed E-state index contributed by atoms with van der Waals surface area (Å²) in [4.78, 5) is 0. The van der Waals surface area contributed by atoms with Gasteiger partial charge in [0.05, 0.1) is 18.9 Å². The van der Waals surface area contributed by atoms with Crippen LogP contribution in [0.3, 0.4) is 0 Å². The lowest BCUT2D eigenvalue weighted by Crippen LogP contribution is -2.27. The fraction of sp³-hybridized carbons (Fsp3) is 0.412. The van der Waals surface area contributed by atoms with Crippen molar-refractivity contribution >= 4 is 5.82 Å². The van der Waals surface area contributed by atoms with E-state index in [1.165, 1.54) is 12.8 Å². The Morgan fingerprint density at radius 2 is 2.09 bits per heavy atom. The normalized spacial score (nSPS) is 18.0. The zero-order valence-electron chi connectivity index (χ0n) is 12.8. The van der Waals surface area contributed by atoms with E-state index in [2.05, 4.69) is 15.5 Å². The van der Waals surface area contributed by atoms with Crippen molar-refractivity contribution in [1.29, 1.82) is 0 Å². The molecule has 2 heterocycles. The van der Waals surface area contributed by atoms with E-state index >= 15 is 0 Å². The summed E-state index contributed by atoms with van der Waals surface area (Å²) in [5.41, 5.74) is 1.75. The number of nitrogens with zero attached hydrogens (tertiary/aromatic N) is 2. The Labute approximate surface area is 130 Å². The highest BCUT2D eigenvalue weighted by Crippen LogP contribution is 2.27. The van der Waals surface area contributed by atoms with Crippen LogP contribution in [0.2, 0.25) is 0 Å². The van der Waals surface area contributed by atoms with E-state index in [1.54, 1.807) is 7.11 Å². The summed E-state index contributed by atoms with van der Waals surface area (Å²) in [6.07, 6.45) is 3.80. The first kappa shape index (κ1) is 14.8. The summed E-state index contributed by atoms with van der Waals surface area (Å²) in [6, 6.07) is 11.7. The van der Waals surface area contributed by atoms with Crippen LogP contribution in [0, 0.1) is 0 Å². The lowest BCUT2D eigenvalue weighted by molar-refractivity contribution is 0.0247. The molecule has 1 aromatic heterocycles. The first-order valence-corrected chi connectivity index (χ1v) is 7.69. The molecule has 3 rings (SSSR count). The van der Waals surface area contributed by atoms with Crippen LogP contribution in [0.5, 0.6) is 5.75 Å². The van der Waals surface area contributed by atoms with Crippen LogP contribution in [-0.2, 0) is 4.74 Å². The van der Waals surface area contributed by atoms with Crippen molar-refractivity contribution in [2.45, 2.75) is 25.4 Å². The largest absolute Gasteiger partial charge is 0.496 e. The van der Waals surface area contributed by atoms with Crippen molar-refractivity contribution in [2.24, 2.45) is 0 Å². The number of ether oxygens (including phenoxy) is 2. The Morgan fingerprint density at radius 1 is 1.18 bits per heavy atom. The molecule has 116 valence electrons. The summed E-state index contributed by atoms with van der Waals surface area (Å²) in [5.74, 6) is 1.57. The van der Waals surface area contributed by atoms with Crippen molar-refractivity contribution in [1.82, 2.24) is 10.2 Å². The van der Waals surface area contributed by atoms with E-state index in [-0.39, 0.29) is 6.10 Å². The topological polar surface area (TPSA) is 56.3 Å². The third kappa shape index (κ3) is 3.54. The number of rotatable bonds is 5. The van der Waals surface area contributed by atoms with Gasteiger partial charge in [0.25, 0.3) is 0 Å². The van der Waals surface area contributed by atoms with E-state index in [0.29, 0.717) is 0 Å². The molecule has 0 spiro atoms. The molecule has 1 fully saturated rings. The molecule has 0 unspecified atom stereocenters. The summed E-state index contributed by atoms with van der Waals surface area (Å²) < 4.78 is 11.1. The Balaban J connectivity index is 1.64. The van der Waals surface area contributed by atoms with Gasteiger partial charge in [-0.2, -0.15) is 0 Å². The van der Waals surface area contributed by atoms with Gasteiger partial charge in [-0.1, -0.05) is 12.1 Å². The number of methoxy groups -OCH3 is 1. The maximum absolute atomic E-state index is 5.70. The van der Waals surface area contributed by atoms with Crippen LogP contribution in [-0.4, -0.2) is 36.6 Å². The molecule has 22 heavy (non-hydrogen) atoms. The van der Waals surface area contributed by atoms with E-state index in [0.717, 1.165) is 42.4 Å². The van der Waals surface area contributed by atoms with Gasteiger partial charge in [0, 0.05) is 18.7 Å². The molecule has 5 nitrogen and oxygen atoms in total. The summed E-state index contributed by atoms with van der Waals surface area (Å²) in [6.45, 7) is 1.65. The Hall–Kier alpha value is -2.14. The van der Waals surface area contributed by atoms with Crippen LogP contribution in [0.15, 0.2) is 36.4 Å². The second-order valence-electron chi connectivity index (χ2n) is 5.37. The molecule has 1 aliphatic rings. The molecule has 0 saturated carbocycles. The first-order valence-electron chi connectivity index (χ1n) is 7.69. The molecule has 1 aromatic carbocycles. The minimum atomic E-state index is 0.282. The smallest absolute Gasteiger partial charge is 0.148 e. The van der Waals surface area contributed by atoms with Crippen molar-refractivity contribution in [3.63, 3.8) is 0 Å². The third-order valence-electron chi connectivity index (χ3n) is 3.83. The van der Waals surface area contributed by atoms with Crippen LogP contribution < -0.4 is 10.1 Å². The molecule has 1 aliphatic heterocycles. The molecule has 1 saturated heterocycles. The molecule has 5 heteroatoms. The molecule has 0 radical (unpaired) electrons. The minimum absolute atomic E-state index is 0.282. The Morgan fingerprint density at radius 3 is 2.82 bits per heavy atom. The SMILES string of the molecule is COc1ccccc1-c1ccc(NC[C@H]2CCCCO2)nn1. The number of anilines is 1. The number of nitrogens with one attached hydrogen (secondary N) is 1. The molecular weight excluding hydrogens is 278 g/mol. The second-order valence-corrected chi connectivity index (χ2v) is 5.37. The second kappa shape index (κ2) is 7.22. The first-order chi connectivity index (χ1) is 10.9. The molecule has 2 aromatic rings. The monoisotopic (exact) mass is 299 g/mol. The van der Waals surface area contributed by atoms with Gasteiger partial charge in [-0.05, 0) is 43.5 Å². The molecule has 1 atom stereocenters. The number of hydrogen-bond acceptors (Lipinski definition) is 5. The third-order valence-corrected chi connectivity index (χ3v) is 3.83. The number of aromatic nitrogens is 2. The molecule has 1 N–H and O–H groups in total. The number of para-hydroxylation sites is 1. The highest BCUT2D eigenvalue weighted by atomic mass is 16.5. The van der Waals surface area contributed by atoms with Crippen molar-refractivity contribution in [2.75, 3.05) is 25.6 Å². The number of benzene rings is 1. The van der Waals surface area contributed by atoms with Crippen molar-refractivity contribution < 1.29 is 9.47 Å². The highest BCUT2D eigenvalue weighted by Gasteiger charge is 2.13. The van der Waals surface area contributed by atoms with Crippen molar-refractivity contribution in [3.8, 4) is 17.0 Å². The zero-order chi connectivity index (χ0) is 15.2. The van der Waals surface area contributed by atoms with Gasteiger partial charge in [0.15, 0.2) is 0 Å². The average molecular weight is 299 g/mol. The van der Waals surface area contributed by atoms with Gasteiger partial charge >= 0.3 is 0 Å². The molecule has 0 aliphatic carbocycles. The molecule has 0 amide bonds. The molecule has 0 bridgehead atoms. The van der Waals surface area contributed by atoms with Gasteiger partial charge < -0.3 is 14.8 Å². The van der Waals surface area contributed by atoms with E-state index in [4.69, 9.17) is 9.47 Å². The molecular formula is C17H21N3O2. The number of hydrogen-bond donors (Lipinski definition) is 1. The van der Waals surface area contributed by atoms with Gasteiger partial charge in [-0.25, -0.2) is 0 Å². The van der Waals surface area contributed by atoms with Crippen LogP contribution >= 0.6 is 0 Å². The maximum atomic E-state index is 5.70. The fourth-order valence-corrected chi connectivity index (χ4v) is 2.61. The van der Waals surface area contributed by atoms with Gasteiger partial charge in [0.1, 0.15) is 11.6 Å². The standard InChI is InChI=1S/C17H21N3O2/c1-21-16-8-3-2-7-14(16)15-9-10-17(20-19-15)18-12-13-6-4-5-11-22-13/h2-3,7-10,13H,4-6,11-12H2,1H3,(H,18,20)/t13-/m1/s1. The summed E-state index contributed by atoms with van der Waals surface area (Å²) >= 11 is 0. The van der Waals surface area contributed by atoms with Crippen LogP contribution in [0.1, 0.15) is 19.3 Å². The van der Waals surface area contributed by atoms with E-state index < -0.39 is 0 Å². The van der Waals surface area contributed by atoms with Gasteiger partial charge in [-0.15, -0.1) is 10.2 Å². The van der Waals surface area contributed by atoms with Crippen molar-refractivity contribution in [3.05, 3.63) is 36.4 Å². The summed E-state index contributed by atoms with van der Waals surface area (Å²) in [5, 5.41) is 11.8. The lowest BCUT2D eigenvalue weighted by Gasteiger charge is -2.22. The van der Waals surface area contributed by atoms with E-state index in [1.807, 2.05) is 36.4 Å². The van der Waals surface area contributed by atoms with Crippen LogP contribution in [0.25, 0.3) is 11.3 Å². The quantitative estimate of drug-likeness (QED) is 0.919. The highest BCUT2D eigenvalue weighted by molar-refractivity contribution is 5.67. The summed E-state index contributed by atoms with van der Waals surface area (Å²) in [7, 11) is 1.66. The van der Waals surface area contributed by atoms with E-state index in [9.17, 15) is 0 Å². The average Bonchev–Trinajstić information content (AvgIpc) is 2.61. The maximum Gasteiger partial charge on any atom is 0.148 e. The zero-order valence-corrected chi connectivity index (χ0v) is 12.8. The minimum Gasteiger partial charge on any atom is -0.496 e.